The Morgan fingerprint density at radius 2 is 1.00 bits per heavy atom. The van der Waals surface area contributed by atoms with Crippen molar-refractivity contribution in [1.82, 2.24) is 0 Å². The molecular formula is C28H44O4Si2. The molecule has 0 bridgehead atoms. The summed E-state index contributed by atoms with van der Waals surface area (Å²) in [6.45, 7) is 17.9. The summed E-state index contributed by atoms with van der Waals surface area (Å²) in [6, 6.07) is 16.6. The van der Waals surface area contributed by atoms with Crippen LogP contribution in [0.1, 0.15) is 25.0 Å². The van der Waals surface area contributed by atoms with Gasteiger partial charge in [-0.05, 0) is 87.5 Å². The molecule has 188 valence electrons. The second-order valence-corrected chi connectivity index (χ2v) is 19.9. The third-order valence-corrected chi connectivity index (χ3v) is 6.99. The molecule has 0 heterocycles. The van der Waals surface area contributed by atoms with Crippen LogP contribution in [0.4, 0.5) is 0 Å². The third-order valence-electron chi connectivity index (χ3n) is 5.32. The van der Waals surface area contributed by atoms with Crippen molar-refractivity contribution in [3.8, 4) is 11.5 Å². The van der Waals surface area contributed by atoms with Crippen LogP contribution in [0, 0.1) is 11.8 Å². The van der Waals surface area contributed by atoms with Crippen molar-refractivity contribution in [1.29, 1.82) is 0 Å². The fraction of sp³-hybridized carbons (Fsp3) is 0.500. The summed E-state index contributed by atoms with van der Waals surface area (Å²) >= 11 is 0. The molecule has 0 N–H and O–H groups in total. The lowest BCUT2D eigenvalue weighted by Gasteiger charge is -2.34. The summed E-state index contributed by atoms with van der Waals surface area (Å²) in [5, 5.41) is 0. The van der Waals surface area contributed by atoms with E-state index in [1.165, 1.54) is 11.1 Å². The van der Waals surface area contributed by atoms with Crippen molar-refractivity contribution < 1.29 is 18.3 Å². The first-order valence-corrected chi connectivity index (χ1v) is 19.0. The molecule has 2 rings (SSSR count). The Bertz CT molecular complexity index is 880. The molecular weight excluding hydrogens is 456 g/mol. The van der Waals surface area contributed by atoms with Gasteiger partial charge in [-0.2, -0.15) is 0 Å². The van der Waals surface area contributed by atoms with Crippen LogP contribution in [0.3, 0.4) is 0 Å². The van der Waals surface area contributed by atoms with Gasteiger partial charge in [0.2, 0.25) is 16.6 Å². The van der Waals surface area contributed by atoms with Crippen molar-refractivity contribution in [3.05, 3.63) is 71.2 Å². The van der Waals surface area contributed by atoms with Crippen LogP contribution >= 0.6 is 0 Å². The molecule has 4 nitrogen and oxygen atoms in total. The molecule has 0 saturated heterocycles. The van der Waals surface area contributed by atoms with Gasteiger partial charge in [0.15, 0.2) is 0 Å². The van der Waals surface area contributed by atoms with E-state index >= 15 is 0 Å². The molecule has 0 fully saturated rings. The summed E-state index contributed by atoms with van der Waals surface area (Å²) in [5.74, 6) is 4.15. The Morgan fingerprint density at radius 1 is 0.647 bits per heavy atom. The Hall–Kier alpha value is -2.19. The molecule has 2 atom stereocenters. The minimum absolute atomic E-state index is 0.179. The van der Waals surface area contributed by atoms with Crippen LogP contribution in [0.5, 0.6) is 11.5 Å². The van der Waals surface area contributed by atoms with Gasteiger partial charge in [-0.1, -0.05) is 38.1 Å². The van der Waals surface area contributed by atoms with E-state index in [9.17, 15) is 0 Å². The first kappa shape index (κ1) is 28.1. The Balaban J connectivity index is 2.50. The van der Waals surface area contributed by atoms with E-state index in [1.807, 2.05) is 12.1 Å². The van der Waals surface area contributed by atoms with Crippen LogP contribution in [0.15, 0.2) is 60.0 Å². The molecule has 0 radical (unpaired) electrons. The zero-order valence-corrected chi connectivity index (χ0v) is 24.8. The predicted molar refractivity (Wildman–Crippen MR) is 148 cm³/mol. The topological polar surface area (TPSA) is 36.9 Å². The normalized spacial score (nSPS) is 14.6. The Labute approximate surface area is 209 Å². The summed E-state index contributed by atoms with van der Waals surface area (Å²) in [4.78, 5) is 0. The minimum Gasteiger partial charge on any atom is -0.545 e. The van der Waals surface area contributed by atoms with Gasteiger partial charge in [-0.3, -0.25) is 0 Å². The largest absolute Gasteiger partial charge is 0.545 e. The fourth-order valence-corrected chi connectivity index (χ4v) is 5.86. The number of hydrogen-bond acceptors (Lipinski definition) is 4. The van der Waals surface area contributed by atoms with E-state index in [0.717, 1.165) is 35.9 Å². The van der Waals surface area contributed by atoms with Crippen LogP contribution in [-0.4, -0.2) is 30.9 Å². The van der Waals surface area contributed by atoms with Gasteiger partial charge in [0.25, 0.3) is 0 Å². The maximum atomic E-state index is 6.80. The van der Waals surface area contributed by atoms with Crippen molar-refractivity contribution in [3.63, 3.8) is 0 Å². The number of ether oxygens (including phenoxy) is 2. The molecule has 0 unspecified atom stereocenters. The van der Waals surface area contributed by atoms with Gasteiger partial charge in [0.1, 0.15) is 23.0 Å². The molecule has 0 aliphatic heterocycles. The summed E-state index contributed by atoms with van der Waals surface area (Å²) in [6.07, 6.45) is 1.73. The van der Waals surface area contributed by atoms with Crippen molar-refractivity contribution in [2.75, 3.05) is 14.2 Å². The lowest BCUT2D eigenvalue weighted by Crippen LogP contribution is -2.33. The molecule has 0 saturated carbocycles. The van der Waals surface area contributed by atoms with Gasteiger partial charge in [0, 0.05) is 11.8 Å². The predicted octanol–water partition coefficient (Wildman–Crippen LogP) is 7.68. The maximum absolute atomic E-state index is 6.80. The number of allylic oxidation sites excluding steroid dienone is 2. The average Bonchev–Trinajstić information content (AvgIpc) is 2.75. The van der Waals surface area contributed by atoms with Gasteiger partial charge in [-0.25, -0.2) is 0 Å². The molecule has 2 aromatic rings. The first-order valence-electron chi connectivity index (χ1n) is 12.2. The second kappa shape index (κ2) is 12.0. The molecule has 6 heteroatoms. The van der Waals surface area contributed by atoms with Gasteiger partial charge in [-0.15, -0.1) is 0 Å². The highest BCUT2D eigenvalue weighted by Gasteiger charge is 2.31. The number of rotatable bonds is 12. The van der Waals surface area contributed by atoms with E-state index in [1.54, 1.807) is 14.2 Å². The lowest BCUT2D eigenvalue weighted by molar-refractivity contribution is 0.263. The Kier molecular flexibility index (Phi) is 9.89. The number of methoxy groups -OCH3 is 2. The van der Waals surface area contributed by atoms with E-state index in [0.29, 0.717) is 0 Å². The summed E-state index contributed by atoms with van der Waals surface area (Å²) in [5.41, 5.74) is 2.47. The standard InChI is InChI=1S/C28H44O4Si2/c1-21(17-23-13-11-15-25(19-23)29-3)27(31-33(5,6)7)28(32-34(8,9)10)22(2)18-24-14-12-16-26(20-24)30-4/h11-16,19-22H,17-18H2,1-10H3/b28-27+/t21-,22-/m0/s1. The second-order valence-electron chi connectivity index (χ2n) is 11.1. The van der Waals surface area contributed by atoms with Crippen LogP contribution < -0.4 is 9.47 Å². The zero-order chi connectivity index (χ0) is 25.5. The highest BCUT2D eigenvalue weighted by Crippen LogP contribution is 2.33. The molecule has 34 heavy (non-hydrogen) atoms. The molecule has 0 aromatic heterocycles. The van der Waals surface area contributed by atoms with Crippen LogP contribution in [0.25, 0.3) is 0 Å². The average molecular weight is 501 g/mol. The zero-order valence-electron chi connectivity index (χ0n) is 22.8. The van der Waals surface area contributed by atoms with E-state index in [4.69, 9.17) is 18.3 Å². The molecule has 0 amide bonds. The lowest BCUT2D eigenvalue weighted by atomic mass is 9.93. The van der Waals surface area contributed by atoms with Crippen LogP contribution in [0.2, 0.25) is 39.3 Å². The SMILES string of the molecule is COc1cccc(C[C@H](C)/C(O[Si](C)(C)C)=C(\O[Si](C)(C)C)[C@@H](C)Cc2cccc(OC)c2)c1. The van der Waals surface area contributed by atoms with Crippen LogP contribution in [-0.2, 0) is 21.7 Å². The Morgan fingerprint density at radius 3 is 1.29 bits per heavy atom. The highest BCUT2D eigenvalue weighted by molar-refractivity contribution is 6.70. The molecule has 0 spiro atoms. The monoisotopic (exact) mass is 500 g/mol. The van der Waals surface area contributed by atoms with E-state index in [2.05, 4.69) is 89.5 Å². The van der Waals surface area contributed by atoms with Crippen molar-refractivity contribution >= 4 is 16.6 Å². The highest BCUT2D eigenvalue weighted by atomic mass is 28.4. The van der Waals surface area contributed by atoms with Crippen molar-refractivity contribution in [2.45, 2.75) is 66.0 Å². The third kappa shape index (κ3) is 9.22. The summed E-state index contributed by atoms with van der Waals surface area (Å²) in [7, 11) is -0.331. The quantitative estimate of drug-likeness (QED) is 0.221. The van der Waals surface area contributed by atoms with Gasteiger partial charge < -0.3 is 18.3 Å². The van der Waals surface area contributed by atoms with Gasteiger partial charge >= 0.3 is 0 Å². The van der Waals surface area contributed by atoms with E-state index < -0.39 is 16.6 Å². The number of benzene rings is 2. The van der Waals surface area contributed by atoms with E-state index in [-0.39, 0.29) is 11.8 Å². The number of hydrogen-bond donors (Lipinski definition) is 0. The smallest absolute Gasteiger partial charge is 0.241 e. The molecule has 0 aliphatic rings. The minimum atomic E-state index is -1.88. The van der Waals surface area contributed by atoms with Gasteiger partial charge in [0.05, 0.1) is 14.2 Å². The summed E-state index contributed by atoms with van der Waals surface area (Å²) < 4.78 is 24.5. The molecule has 2 aromatic carbocycles. The molecule has 0 aliphatic carbocycles. The fourth-order valence-electron chi connectivity index (χ4n) is 3.94. The van der Waals surface area contributed by atoms with Crippen molar-refractivity contribution in [2.24, 2.45) is 11.8 Å². The first-order chi connectivity index (χ1) is 15.8. The maximum Gasteiger partial charge on any atom is 0.241 e.